The van der Waals surface area contributed by atoms with Gasteiger partial charge in [-0.1, -0.05) is 0 Å². The molecule has 88 valence electrons. The Morgan fingerprint density at radius 3 is 2.33 bits per heavy atom. The summed E-state index contributed by atoms with van der Waals surface area (Å²) >= 11 is 5.82. The van der Waals surface area contributed by atoms with Gasteiger partial charge < -0.3 is 4.90 Å². The number of likely N-dealkylation sites (tertiary alicyclic amines) is 1. The van der Waals surface area contributed by atoms with E-state index in [2.05, 4.69) is 0 Å². The van der Waals surface area contributed by atoms with Crippen LogP contribution in [0, 0.1) is 0 Å². The molecule has 1 amide bonds. The van der Waals surface area contributed by atoms with Gasteiger partial charge >= 0.3 is 6.18 Å². The van der Waals surface area contributed by atoms with Crippen molar-refractivity contribution < 1.29 is 18.0 Å². The monoisotopic (exact) mass is 243 g/mol. The number of hydrogen-bond acceptors (Lipinski definition) is 1. The molecule has 1 aliphatic heterocycles. The molecule has 2 nitrogen and oxygen atoms in total. The van der Waals surface area contributed by atoms with Crippen molar-refractivity contribution in [3.63, 3.8) is 0 Å². The zero-order valence-corrected chi connectivity index (χ0v) is 8.94. The zero-order valence-electron chi connectivity index (χ0n) is 8.19. The third-order valence-corrected chi connectivity index (χ3v) is 2.84. The third-order valence-electron chi connectivity index (χ3n) is 2.40. The Morgan fingerprint density at radius 1 is 1.33 bits per heavy atom. The van der Waals surface area contributed by atoms with Crippen molar-refractivity contribution in [1.82, 2.24) is 4.90 Å². The fourth-order valence-corrected chi connectivity index (χ4v) is 1.70. The molecule has 1 aliphatic rings. The minimum Gasteiger partial charge on any atom is -0.343 e. The van der Waals surface area contributed by atoms with Gasteiger partial charge in [0.1, 0.15) is 0 Å². The summed E-state index contributed by atoms with van der Waals surface area (Å²) in [5.74, 6) is -0.420. The van der Waals surface area contributed by atoms with Crippen LogP contribution in [0.5, 0.6) is 0 Å². The van der Waals surface area contributed by atoms with Crippen LogP contribution in [0.25, 0.3) is 0 Å². The summed E-state index contributed by atoms with van der Waals surface area (Å²) in [5.41, 5.74) is 0. The summed E-state index contributed by atoms with van der Waals surface area (Å²) in [4.78, 5) is 12.8. The molecule has 0 aliphatic carbocycles. The summed E-state index contributed by atoms with van der Waals surface area (Å²) < 4.78 is 35.6. The number of amides is 1. The van der Waals surface area contributed by atoms with Gasteiger partial charge in [-0.2, -0.15) is 13.2 Å². The first kappa shape index (κ1) is 12.6. The van der Waals surface area contributed by atoms with E-state index < -0.39 is 24.9 Å². The van der Waals surface area contributed by atoms with Gasteiger partial charge in [0.05, 0.1) is 6.42 Å². The van der Waals surface area contributed by atoms with Crippen LogP contribution in [0.15, 0.2) is 0 Å². The number of rotatable bonds is 2. The summed E-state index contributed by atoms with van der Waals surface area (Å²) in [5, 5.41) is 0.0525. The van der Waals surface area contributed by atoms with Gasteiger partial charge in [-0.25, -0.2) is 0 Å². The molecule has 1 fully saturated rings. The molecule has 0 bridgehead atoms. The second-order valence-corrected chi connectivity index (χ2v) is 4.29. The number of piperidine rings is 1. The van der Waals surface area contributed by atoms with E-state index in [1.165, 1.54) is 4.90 Å². The topological polar surface area (TPSA) is 20.3 Å². The predicted octanol–water partition coefficient (Wildman–Crippen LogP) is 2.56. The first-order valence-corrected chi connectivity index (χ1v) is 5.31. The number of nitrogens with zero attached hydrogens (tertiary/aromatic N) is 1. The Hall–Kier alpha value is -0.450. The van der Waals surface area contributed by atoms with Crippen LogP contribution < -0.4 is 0 Å². The zero-order chi connectivity index (χ0) is 11.5. The van der Waals surface area contributed by atoms with Gasteiger partial charge in [0.2, 0.25) is 5.91 Å². The van der Waals surface area contributed by atoms with E-state index in [1.54, 1.807) is 0 Å². The molecule has 0 spiro atoms. The Balaban J connectivity index is 2.29. The van der Waals surface area contributed by atoms with Crippen molar-refractivity contribution in [2.24, 2.45) is 0 Å². The number of hydrogen-bond donors (Lipinski definition) is 0. The van der Waals surface area contributed by atoms with E-state index in [1.807, 2.05) is 0 Å². The maximum atomic E-state index is 11.9. The highest BCUT2D eigenvalue weighted by molar-refractivity contribution is 6.20. The lowest BCUT2D eigenvalue weighted by molar-refractivity contribution is -0.149. The maximum absolute atomic E-state index is 11.9. The van der Waals surface area contributed by atoms with Crippen LogP contribution >= 0.6 is 11.6 Å². The molecule has 6 heteroatoms. The highest BCUT2D eigenvalue weighted by atomic mass is 35.5. The molecule has 15 heavy (non-hydrogen) atoms. The summed E-state index contributed by atoms with van der Waals surface area (Å²) in [6, 6.07) is 0. The molecule has 0 N–H and O–H groups in total. The largest absolute Gasteiger partial charge is 0.389 e. The fourth-order valence-electron chi connectivity index (χ4n) is 1.50. The number of carbonyl (C=O) groups is 1. The normalized spacial score (nSPS) is 19.3. The van der Waals surface area contributed by atoms with E-state index in [0.717, 1.165) is 0 Å². The fraction of sp³-hybridized carbons (Fsp3) is 0.889. The second-order valence-electron chi connectivity index (χ2n) is 3.67. The lowest BCUT2D eigenvalue weighted by Crippen LogP contribution is -2.39. The van der Waals surface area contributed by atoms with Crippen molar-refractivity contribution in [1.29, 1.82) is 0 Å². The minimum absolute atomic E-state index is 0.0525. The molecule has 1 rings (SSSR count). The van der Waals surface area contributed by atoms with Gasteiger partial charge in [-0.05, 0) is 12.8 Å². The molecule has 0 unspecified atom stereocenters. The molecular weight excluding hydrogens is 231 g/mol. The average Bonchev–Trinajstić information content (AvgIpc) is 2.14. The molecule has 0 atom stereocenters. The predicted molar refractivity (Wildman–Crippen MR) is 50.7 cm³/mol. The van der Waals surface area contributed by atoms with Gasteiger partial charge in [0.15, 0.2) is 0 Å². The van der Waals surface area contributed by atoms with Crippen LogP contribution in [0.2, 0.25) is 0 Å². The summed E-state index contributed by atoms with van der Waals surface area (Å²) in [6.45, 7) is 0.954. The van der Waals surface area contributed by atoms with Gasteiger partial charge in [0, 0.05) is 24.9 Å². The molecule has 0 aromatic heterocycles. The lowest BCUT2D eigenvalue weighted by Gasteiger charge is -2.29. The third kappa shape index (κ3) is 4.73. The Labute approximate surface area is 91.4 Å². The molecular formula is C9H13ClF3NO. The Kier molecular flexibility index (Phi) is 4.25. The molecule has 0 aromatic rings. The quantitative estimate of drug-likeness (QED) is 0.683. The van der Waals surface area contributed by atoms with E-state index in [-0.39, 0.29) is 5.38 Å². The minimum atomic E-state index is -4.25. The van der Waals surface area contributed by atoms with Crippen LogP contribution in [0.3, 0.4) is 0 Å². The van der Waals surface area contributed by atoms with Crippen molar-refractivity contribution in [3.8, 4) is 0 Å². The average molecular weight is 244 g/mol. The summed E-state index contributed by atoms with van der Waals surface area (Å²) in [6.07, 6.45) is -4.40. The Bertz CT molecular complexity index is 224. The van der Waals surface area contributed by atoms with E-state index in [4.69, 9.17) is 11.6 Å². The van der Waals surface area contributed by atoms with E-state index in [9.17, 15) is 18.0 Å². The smallest absolute Gasteiger partial charge is 0.343 e. The number of alkyl halides is 4. The van der Waals surface area contributed by atoms with Crippen molar-refractivity contribution >= 4 is 17.5 Å². The van der Waals surface area contributed by atoms with E-state index in [0.29, 0.717) is 25.9 Å². The number of carbonyl (C=O) groups excluding carboxylic acids is 1. The Morgan fingerprint density at radius 2 is 1.87 bits per heavy atom. The lowest BCUT2D eigenvalue weighted by atomic mass is 10.1. The standard InChI is InChI=1S/C9H13ClF3NO/c10-7-2-5-14(6-3-7)8(15)1-4-9(11,12)13/h7H,1-6H2. The van der Waals surface area contributed by atoms with Crippen LogP contribution in [-0.2, 0) is 4.79 Å². The van der Waals surface area contributed by atoms with Crippen LogP contribution in [0.4, 0.5) is 13.2 Å². The van der Waals surface area contributed by atoms with Crippen molar-refractivity contribution in [2.75, 3.05) is 13.1 Å². The second kappa shape index (κ2) is 5.05. The van der Waals surface area contributed by atoms with Crippen LogP contribution in [-0.4, -0.2) is 35.4 Å². The van der Waals surface area contributed by atoms with Gasteiger partial charge in [-0.3, -0.25) is 4.79 Å². The maximum Gasteiger partial charge on any atom is 0.389 e. The van der Waals surface area contributed by atoms with Gasteiger partial charge in [-0.15, -0.1) is 11.6 Å². The highest BCUT2D eigenvalue weighted by Gasteiger charge is 2.30. The van der Waals surface area contributed by atoms with Crippen LogP contribution in [0.1, 0.15) is 25.7 Å². The molecule has 1 heterocycles. The van der Waals surface area contributed by atoms with E-state index >= 15 is 0 Å². The molecule has 0 saturated carbocycles. The number of halogens is 4. The van der Waals surface area contributed by atoms with Crippen molar-refractivity contribution in [3.05, 3.63) is 0 Å². The van der Waals surface area contributed by atoms with Crippen molar-refractivity contribution in [2.45, 2.75) is 37.2 Å². The first-order chi connectivity index (χ1) is 6.88. The van der Waals surface area contributed by atoms with Gasteiger partial charge in [0.25, 0.3) is 0 Å². The molecule has 0 aromatic carbocycles. The first-order valence-electron chi connectivity index (χ1n) is 4.87. The molecule has 1 saturated heterocycles. The highest BCUT2D eigenvalue weighted by Crippen LogP contribution is 2.23. The SMILES string of the molecule is O=C(CCC(F)(F)F)N1CCC(Cl)CC1. The molecule has 0 radical (unpaired) electrons. The summed E-state index contributed by atoms with van der Waals surface area (Å²) in [7, 11) is 0.